The second kappa shape index (κ2) is 2.55. The predicted molar refractivity (Wildman–Crippen MR) is 32.8 cm³/mol. The zero-order valence-electron chi connectivity index (χ0n) is 4.27. The first-order valence-electron chi connectivity index (χ1n) is 2.29. The highest BCUT2D eigenvalue weighted by Crippen LogP contribution is 1.88. The van der Waals surface area contributed by atoms with Crippen LogP contribution < -0.4 is 5.32 Å². The van der Waals surface area contributed by atoms with Crippen molar-refractivity contribution < 1.29 is 4.79 Å². The second-order valence-corrected chi connectivity index (χ2v) is 1.65. The van der Waals surface area contributed by atoms with Gasteiger partial charge in [-0.15, -0.1) is 0 Å². The van der Waals surface area contributed by atoms with E-state index in [0.29, 0.717) is 0 Å². The maximum atomic E-state index is 10.4. The smallest absolute Gasteiger partial charge is 0.317 e. The van der Waals surface area contributed by atoms with Crippen LogP contribution in [-0.4, -0.2) is 31.1 Å². The number of carbonyl (C=O) groups is 1. The molecule has 0 bridgehead atoms. The standard InChI is InChI=1S/C4H8N2O.CH4/c1-6-3-2-5-4(6)7;/h2-3H2,1H3,(H,5,7);1H4. The number of rotatable bonds is 0. The SMILES string of the molecule is C.CN1CCNC1=O. The lowest BCUT2D eigenvalue weighted by Crippen LogP contribution is -2.23. The van der Waals surface area contributed by atoms with Crippen LogP contribution in [0.1, 0.15) is 7.43 Å². The first-order valence-corrected chi connectivity index (χ1v) is 2.29. The van der Waals surface area contributed by atoms with E-state index in [1.165, 1.54) is 0 Å². The summed E-state index contributed by atoms with van der Waals surface area (Å²) in [4.78, 5) is 12.0. The molecule has 8 heavy (non-hydrogen) atoms. The normalized spacial score (nSPS) is 17.6. The summed E-state index contributed by atoms with van der Waals surface area (Å²) in [6.45, 7) is 1.65. The summed E-state index contributed by atoms with van der Waals surface area (Å²) in [6.07, 6.45) is 0. The lowest BCUT2D eigenvalue weighted by Gasteiger charge is -2.01. The average Bonchev–Trinajstić information content (AvgIpc) is 1.91. The third-order valence-corrected chi connectivity index (χ3v) is 1.07. The van der Waals surface area contributed by atoms with Crippen molar-refractivity contribution in [3.63, 3.8) is 0 Å². The van der Waals surface area contributed by atoms with E-state index in [1.807, 2.05) is 0 Å². The molecule has 0 aromatic rings. The van der Waals surface area contributed by atoms with Crippen LogP contribution in [0.25, 0.3) is 0 Å². The number of nitrogens with zero attached hydrogens (tertiary/aromatic N) is 1. The van der Waals surface area contributed by atoms with Gasteiger partial charge in [-0.3, -0.25) is 0 Å². The molecule has 1 aliphatic heterocycles. The van der Waals surface area contributed by atoms with Crippen LogP contribution in [0.2, 0.25) is 0 Å². The van der Waals surface area contributed by atoms with Gasteiger partial charge in [-0.2, -0.15) is 0 Å². The summed E-state index contributed by atoms with van der Waals surface area (Å²) in [7, 11) is 1.78. The molecular formula is C5H12N2O. The van der Waals surface area contributed by atoms with Gasteiger partial charge in [-0.1, -0.05) is 7.43 Å². The van der Waals surface area contributed by atoms with Crippen molar-refractivity contribution in [1.82, 2.24) is 10.2 Å². The van der Waals surface area contributed by atoms with Gasteiger partial charge in [0.15, 0.2) is 0 Å². The maximum absolute atomic E-state index is 10.4. The van der Waals surface area contributed by atoms with Gasteiger partial charge in [0.2, 0.25) is 0 Å². The molecule has 0 saturated carbocycles. The number of nitrogens with one attached hydrogen (secondary N) is 1. The van der Waals surface area contributed by atoms with Gasteiger partial charge in [0, 0.05) is 20.1 Å². The summed E-state index contributed by atoms with van der Waals surface area (Å²) >= 11 is 0. The van der Waals surface area contributed by atoms with E-state index in [2.05, 4.69) is 5.32 Å². The molecule has 2 amide bonds. The average molecular weight is 116 g/mol. The van der Waals surface area contributed by atoms with E-state index in [0.717, 1.165) is 13.1 Å². The van der Waals surface area contributed by atoms with Crippen molar-refractivity contribution in [1.29, 1.82) is 0 Å². The molecule has 1 N–H and O–H groups in total. The molecule has 0 unspecified atom stereocenters. The molecule has 0 aromatic carbocycles. The summed E-state index contributed by atoms with van der Waals surface area (Å²) in [5.74, 6) is 0. The zero-order valence-corrected chi connectivity index (χ0v) is 4.27. The molecule has 0 atom stereocenters. The number of hydrogen-bond acceptors (Lipinski definition) is 1. The Hall–Kier alpha value is -0.730. The van der Waals surface area contributed by atoms with Gasteiger partial charge in [0.25, 0.3) is 0 Å². The van der Waals surface area contributed by atoms with Crippen LogP contribution in [0.3, 0.4) is 0 Å². The lowest BCUT2D eigenvalue weighted by molar-refractivity contribution is 0.226. The Labute approximate surface area is 49.7 Å². The molecule has 0 aromatic heterocycles. The number of urea groups is 1. The van der Waals surface area contributed by atoms with Crippen molar-refractivity contribution in [2.45, 2.75) is 7.43 Å². The van der Waals surface area contributed by atoms with Crippen molar-refractivity contribution in [2.24, 2.45) is 0 Å². The summed E-state index contributed by atoms with van der Waals surface area (Å²) in [6, 6.07) is 0.0417. The number of likely N-dealkylation sites (N-methyl/N-ethyl adjacent to an activating group) is 1. The third-order valence-electron chi connectivity index (χ3n) is 1.07. The van der Waals surface area contributed by atoms with Crippen LogP contribution in [0.15, 0.2) is 0 Å². The largest absolute Gasteiger partial charge is 0.336 e. The minimum absolute atomic E-state index is 0. The molecule has 1 aliphatic rings. The van der Waals surface area contributed by atoms with E-state index in [-0.39, 0.29) is 13.5 Å². The highest BCUT2D eigenvalue weighted by atomic mass is 16.2. The van der Waals surface area contributed by atoms with E-state index in [1.54, 1.807) is 11.9 Å². The Balaban J connectivity index is 0.000000490. The van der Waals surface area contributed by atoms with E-state index in [4.69, 9.17) is 0 Å². The Kier molecular flexibility index (Phi) is 2.31. The third kappa shape index (κ3) is 1.12. The van der Waals surface area contributed by atoms with Crippen LogP contribution in [0.4, 0.5) is 4.79 Å². The number of amides is 2. The van der Waals surface area contributed by atoms with Crippen molar-refractivity contribution in [2.75, 3.05) is 20.1 Å². The highest BCUT2D eigenvalue weighted by Gasteiger charge is 2.12. The fraction of sp³-hybridized carbons (Fsp3) is 0.800. The first kappa shape index (κ1) is 7.27. The molecule has 3 nitrogen and oxygen atoms in total. The Morgan fingerprint density at radius 3 is 2.50 bits per heavy atom. The van der Waals surface area contributed by atoms with Crippen LogP contribution in [0.5, 0.6) is 0 Å². The fourth-order valence-electron chi connectivity index (χ4n) is 0.567. The Morgan fingerprint density at radius 2 is 2.38 bits per heavy atom. The molecule has 3 heteroatoms. The van der Waals surface area contributed by atoms with Gasteiger partial charge in [-0.25, -0.2) is 4.79 Å². The topological polar surface area (TPSA) is 32.3 Å². The number of carbonyl (C=O) groups excluding carboxylic acids is 1. The quantitative estimate of drug-likeness (QED) is 0.484. The van der Waals surface area contributed by atoms with E-state index >= 15 is 0 Å². The zero-order chi connectivity index (χ0) is 5.28. The molecule has 1 rings (SSSR count). The highest BCUT2D eigenvalue weighted by molar-refractivity contribution is 5.75. The minimum atomic E-state index is 0. The van der Waals surface area contributed by atoms with E-state index in [9.17, 15) is 4.79 Å². The molecule has 0 spiro atoms. The molecule has 1 saturated heterocycles. The Bertz CT molecular complexity index is 92.4. The van der Waals surface area contributed by atoms with Gasteiger partial charge in [-0.05, 0) is 0 Å². The number of hydrogen-bond donors (Lipinski definition) is 1. The van der Waals surface area contributed by atoms with Crippen LogP contribution in [-0.2, 0) is 0 Å². The lowest BCUT2D eigenvalue weighted by atomic mass is 10.7. The minimum Gasteiger partial charge on any atom is -0.336 e. The van der Waals surface area contributed by atoms with Gasteiger partial charge in [0.1, 0.15) is 0 Å². The maximum Gasteiger partial charge on any atom is 0.317 e. The molecular weight excluding hydrogens is 104 g/mol. The summed E-state index contributed by atoms with van der Waals surface area (Å²) < 4.78 is 0. The monoisotopic (exact) mass is 116 g/mol. The predicted octanol–water partition coefficient (Wildman–Crippen LogP) is 0.278. The van der Waals surface area contributed by atoms with Crippen LogP contribution in [0, 0.1) is 0 Å². The first-order chi connectivity index (χ1) is 3.30. The van der Waals surface area contributed by atoms with Crippen molar-refractivity contribution in [3.05, 3.63) is 0 Å². The molecule has 1 fully saturated rings. The summed E-state index contributed by atoms with van der Waals surface area (Å²) in [5.41, 5.74) is 0. The fourth-order valence-corrected chi connectivity index (χ4v) is 0.567. The summed E-state index contributed by atoms with van der Waals surface area (Å²) in [5, 5.41) is 2.66. The molecule has 1 heterocycles. The molecule has 48 valence electrons. The molecule has 0 aliphatic carbocycles. The van der Waals surface area contributed by atoms with Crippen molar-refractivity contribution >= 4 is 6.03 Å². The Morgan fingerprint density at radius 1 is 1.75 bits per heavy atom. The van der Waals surface area contributed by atoms with Gasteiger partial charge < -0.3 is 10.2 Å². The molecule has 0 radical (unpaired) electrons. The van der Waals surface area contributed by atoms with Gasteiger partial charge in [0.05, 0.1) is 0 Å². The van der Waals surface area contributed by atoms with Gasteiger partial charge >= 0.3 is 6.03 Å². The second-order valence-electron chi connectivity index (χ2n) is 1.65. The van der Waals surface area contributed by atoms with Crippen LogP contribution >= 0.6 is 0 Å². The van der Waals surface area contributed by atoms with Crippen molar-refractivity contribution in [3.8, 4) is 0 Å². The van der Waals surface area contributed by atoms with E-state index < -0.39 is 0 Å².